The molecule has 0 aromatic heterocycles. The van der Waals surface area contributed by atoms with E-state index < -0.39 is 0 Å². The standard InChI is InChI=1S/C11H11BrO2/c12-7-8-3-4-9-10(13)2-1-5-14-11(9)6-8/h3-4,6H,1-2,5,7H2. The maximum Gasteiger partial charge on any atom is 0.166 e. The number of rotatable bonds is 1. The van der Waals surface area contributed by atoms with Crippen molar-refractivity contribution >= 4 is 21.7 Å². The van der Waals surface area contributed by atoms with Crippen LogP contribution in [0.25, 0.3) is 0 Å². The van der Waals surface area contributed by atoms with Gasteiger partial charge in [0.2, 0.25) is 0 Å². The molecule has 2 nitrogen and oxygen atoms in total. The number of hydrogen-bond donors (Lipinski definition) is 0. The Balaban J connectivity index is 2.43. The summed E-state index contributed by atoms with van der Waals surface area (Å²) < 4.78 is 5.52. The normalized spacial score (nSPS) is 15.6. The molecule has 0 N–H and O–H groups in total. The largest absolute Gasteiger partial charge is 0.493 e. The second-order valence-corrected chi connectivity index (χ2v) is 3.90. The van der Waals surface area contributed by atoms with Gasteiger partial charge in [-0.15, -0.1) is 0 Å². The van der Waals surface area contributed by atoms with Gasteiger partial charge in [0.1, 0.15) is 5.75 Å². The predicted molar refractivity (Wildman–Crippen MR) is 58.1 cm³/mol. The third-order valence-corrected chi connectivity index (χ3v) is 2.95. The Morgan fingerprint density at radius 1 is 1.43 bits per heavy atom. The summed E-state index contributed by atoms with van der Waals surface area (Å²) in [5.41, 5.74) is 1.87. The van der Waals surface area contributed by atoms with E-state index in [1.807, 2.05) is 18.2 Å². The van der Waals surface area contributed by atoms with Gasteiger partial charge in [-0.25, -0.2) is 0 Å². The molecule has 1 aromatic carbocycles. The summed E-state index contributed by atoms with van der Waals surface area (Å²) in [4.78, 5) is 11.6. The van der Waals surface area contributed by atoms with Crippen molar-refractivity contribution < 1.29 is 9.53 Å². The van der Waals surface area contributed by atoms with E-state index in [-0.39, 0.29) is 5.78 Å². The first-order valence-electron chi connectivity index (χ1n) is 4.66. The molecule has 1 aliphatic rings. The average molecular weight is 255 g/mol. The molecule has 0 unspecified atom stereocenters. The number of fused-ring (bicyclic) bond motifs is 1. The quantitative estimate of drug-likeness (QED) is 0.721. The van der Waals surface area contributed by atoms with Crippen LogP contribution in [0, 0.1) is 0 Å². The number of carbonyl (C=O) groups is 1. The van der Waals surface area contributed by atoms with Crippen LogP contribution in [-0.4, -0.2) is 12.4 Å². The van der Waals surface area contributed by atoms with Crippen LogP contribution in [0.15, 0.2) is 18.2 Å². The SMILES string of the molecule is O=C1CCCOc2cc(CBr)ccc21. The summed E-state index contributed by atoms with van der Waals surface area (Å²) in [7, 11) is 0. The molecule has 0 bridgehead atoms. The highest BCUT2D eigenvalue weighted by Crippen LogP contribution is 2.26. The van der Waals surface area contributed by atoms with Gasteiger partial charge in [-0.05, 0) is 24.1 Å². The van der Waals surface area contributed by atoms with Gasteiger partial charge in [0.05, 0.1) is 12.2 Å². The van der Waals surface area contributed by atoms with Gasteiger partial charge in [-0.2, -0.15) is 0 Å². The van der Waals surface area contributed by atoms with Crippen LogP contribution in [0.1, 0.15) is 28.8 Å². The summed E-state index contributed by atoms with van der Waals surface area (Å²) in [5, 5.41) is 0.790. The van der Waals surface area contributed by atoms with Crippen molar-refractivity contribution in [1.82, 2.24) is 0 Å². The second kappa shape index (κ2) is 4.13. The second-order valence-electron chi connectivity index (χ2n) is 3.34. The van der Waals surface area contributed by atoms with Crippen LogP contribution in [-0.2, 0) is 5.33 Å². The summed E-state index contributed by atoms with van der Waals surface area (Å²) >= 11 is 3.38. The fraction of sp³-hybridized carbons (Fsp3) is 0.364. The Morgan fingerprint density at radius 3 is 3.07 bits per heavy atom. The molecule has 0 spiro atoms. The lowest BCUT2D eigenvalue weighted by atomic mass is 10.1. The Morgan fingerprint density at radius 2 is 2.29 bits per heavy atom. The van der Waals surface area contributed by atoms with Crippen LogP contribution in [0.4, 0.5) is 0 Å². The first kappa shape index (κ1) is 9.71. The Kier molecular flexibility index (Phi) is 2.87. The van der Waals surface area contributed by atoms with E-state index in [1.165, 1.54) is 0 Å². The summed E-state index contributed by atoms with van der Waals surface area (Å²) in [6.07, 6.45) is 1.41. The smallest absolute Gasteiger partial charge is 0.166 e. The number of ketones is 1. The third kappa shape index (κ3) is 1.82. The van der Waals surface area contributed by atoms with Crippen molar-refractivity contribution in [2.24, 2.45) is 0 Å². The summed E-state index contributed by atoms with van der Waals surface area (Å²) in [6.45, 7) is 0.643. The molecule has 2 rings (SSSR count). The third-order valence-electron chi connectivity index (χ3n) is 2.31. The minimum atomic E-state index is 0.193. The molecule has 1 heterocycles. The maximum absolute atomic E-state index is 11.6. The van der Waals surface area contributed by atoms with Crippen LogP contribution in [0.3, 0.4) is 0 Å². The topological polar surface area (TPSA) is 26.3 Å². The fourth-order valence-electron chi connectivity index (χ4n) is 1.55. The van der Waals surface area contributed by atoms with Gasteiger partial charge in [0, 0.05) is 11.8 Å². The van der Waals surface area contributed by atoms with Gasteiger partial charge in [-0.1, -0.05) is 22.0 Å². The van der Waals surface area contributed by atoms with Gasteiger partial charge in [0.15, 0.2) is 5.78 Å². The fourth-order valence-corrected chi connectivity index (χ4v) is 1.90. The zero-order valence-electron chi connectivity index (χ0n) is 7.75. The number of carbonyl (C=O) groups excluding carboxylic acids is 1. The van der Waals surface area contributed by atoms with Crippen LogP contribution >= 0.6 is 15.9 Å². The van der Waals surface area contributed by atoms with Crippen molar-refractivity contribution in [2.45, 2.75) is 18.2 Å². The van der Waals surface area contributed by atoms with Crippen molar-refractivity contribution in [2.75, 3.05) is 6.61 Å². The van der Waals surface area contributed by atoms with E-state index >= 15 is 0 Å². The highest BCUT2D eigenvalue weighted by molar-refractivity contribution is 9.08. The molecule has 74 valence electrons. The molecular formula is C11H11BrO2. The summed E-state index contributed by atoms with van der Waals surface area (Å²) in [6, 6.07) is 5.76. The van der Waals surface area contributed by atoms with E-state index in [2.05, 4.69) is 15.9 Å². The lowest BCUT2D eigenvalue weighted by Gasteiger charge is -2.06. The minimum Gasteiger partial charge on any atom is -0.493 e. The molecular weight excluding hydrogens is 244 g/mol. The van der Waals surface area contributed by atoms with E-state index in [0.29, 0.717) is 13.0 Å². The number of benzene rings is 1. The zero-order valence-corrected chi connectivity index (χ0v) is 9.34. The number of Topliss-reactive ketones (excluding diaryl/α,β-unsaturated/α-hetero) is 1. The molecule has 0 fully saturated rings. The van der Waals surface area contributed by atoms with Crippen LogP contribution < -0.4 is 4.74 Å². The Hall–Kier alpha value is -0.830. The number of ether oxygens (including phenoxy) is 1. The molecule has 0 amide bonds. The molecule has 0 saturated carbocycles. The molecule has 0 atom stereocenters. The number of alkyl halides is 1. The van der Waals surface area contributed by atoms with Crippen LogP contribution in [0.5, 0.6) is 5.75 Å². The lowest BCUT2D eigenvalue weighted by molar-refractivity contribution is 0.0983. The lowest BCUT2D eigenvalue weighted by Crippen LogP contribution is -1.97. The molecule has 0 aliphatic carbocycles. The van der Waals surface area contributed by atoms with E-state index in [9.17, 15) is 4.79 Å². The molecule has 0 radical (unpaired) electrons. The highest BCUT2D eigenvalue weighted by Gasteiger charge is 2.16. The molecule has 3 heteroatoms. The number of hydrogen-bond acceptors (Lipinski definition) is 2. The van der Waals surface area contributed by atoms with Crippen molar-refractivity contribution in [3.63, 3.8) is 0 Å². The number of halogens is 1. The van der Waals surface area contributed by atoms with Gasteiger partial charge >= 0.3 is 0 Å². The molecule has 0 saturated heterocycles. The first-order chi connectivity index (χ1) is 6.81. The van der Waals surface area contributed by atoms with E-state index in [0.717, 1.165) is 28.6 Å². The Labute approximate surface area is 91.4 Å². The zero-order chi connectivity index (χ0) is 9.97. The van der Waals surface area contributed by atoms with E-state index in [1.54, 1.807) is 0 Å². The Bertz CT molecular complexity index is 360. The van der Waals surface area contributed by atoms with Gasteiger partial charge < -0.3 is 4.74 Å². The highest BCUT2D eigenvalue weighted by atomic mass is 79.9. The van der Waals surface area contributed by atoms with Crippen molar-refractivity contribution in [3.05, 3.63) is 29.3 Å². The van der Waals surface area contributed by atoms with Gasteiger partial charge in [-0.3, -0.25) is 4.79 Å². The predicted octanol–water partition coefficient (Wildman–Crippen LogP) is 2.94. The van der Waals surface area contributed by atoms with Crippen molar-refractivity contribution in [3.8, 4) is 5.75 Å². The average Bonchev–Trinajstić information content (AvgIpc) is 2.40. The summed E-state index contributed by atoms with van der Waals surface area (Å²) in [5.74, 6) is 0.933. The van der Waals surface area contributed by atoms with Gasteiger partial charge in [0.25, 0.3) is 0 Å². The molecule has 1 aliphatic heterocycles. The maximum atomic E-state index is 11.6. The molecule has 1 aromatic rings. The molecule has 14 heavy (non-hydrogen) atoms. The van der Waals surface area contributed by atoms with Crippen LogP contribution in [0.2, 0.25) is 0 Å². The monoisotopic (exact) mass is 254 g/mol. The van der Waals surface area contributed by atoms with E-state index in [4.69, 9.17) is 4.74 Å². The first-order valence-corrected chi connectivity index (χ1v) is 5.78. The van der Waals surface area contributed by atoms with Crippen molar-refractivity contribution in [1.29, 1.82) is 0 Å². The minimum absolute atomic E-state index is 0.193.